The number of esters is 2. The molecule has 0 aliphatic heterocycles. The zero-order valence-corrected chi connectivity index (χ0v) is 28.7. The quantitative estimate of drug-likeness (QED) is 0.0662. The first-order chi connectivity index (χ1) is 22.3. The molecule has 0 aliphatic rings. The van der Waals surface area contributed by atoms with Gasteiger partial charge in [-0.2, -0.15) is 0 Å². The predicted octanol–water partition coefficient (Wildman–Crippen LogP) is 10.6. The number of rotatable bonds is 21. The number of hydrogen-bond donors (Lipinski definition) is 0. The van der Waals surface area contributed by atoms with Crippen molar-refractivity contribution < 1.29 is 28.5 Å². The minimum Gasteiger partial charge on any atom is -0.493 e. The van der Waals surface area contributed by atoms with Crippen LogP contribution in [0.4, 0.5) is 0 Å². The lowest BCUT2D eigenvalue weighted by Gasteiger charge is -2.14. The first kappa shape index (κ1) is 36.8. The minimum atomic E-state index is -0.612. The van der Waals surface area contributed by atoms with Crippen LogP contribution in [0, 0.1) is 13.8 Å². The van der Waals surface area contributed by atoms with Crippen LogP contribution in [0.2, 0.25) is 0 Å². The molecule has 46 heavy (non-hydrogen) atoms. The predicted molar refractivity (Wildman–Crippen MR) is 186 cm³/mol. The molecule has 0 aliphatic carbocycles. The Kier molecular flexibility index (Phi) is 16.4. The number of carbonyl (C=O) groups excluding carboxylic acids is 2. The van der Waals surface area contributed by atoms with Crippen molar-refractivity contribution in [3.8, 4) is 28.4 Å². The molecule has 3 rings (SSSR count). The zero-order valence-electron chi connectivity index (χ0n) is 28.7. The summed E-state index contributed by atoms with van der Waals surface area (Å²) in [4.78, 5) is 25.4. The summed E-state index contributed by atoms with van der Waals surface area (Å²) in [6, 6.07) is 18.4. The van der Waals surface area contributed by atoms with Crippen LogP contribution in [0.15, 0.2) is 60.7 Å². The molecule has 6 nitrogen and oxygen atoms in total. The van der Waals surface area contributed by atoms with Crippen LogP contribution in [0.25, 0.3) is 11.1 Å². The molecule has 0 spiro atoms. The molecule has 0 bridgehead atoms. The summed E-state index contributed by atoms with van der Waals surface area (Å²) >= 11 is 0. The van der Waals surface area contributed by atoms with Crippen LogP contribution in [0.3, 0.4) is 0 Å². The fourth-order valence-corrected chi connectivity index (χ4v) is 5.36. The third-order valence-corrected chi connectivity index (χ3v) is 8.11. The topological polar surface area (TPSA) is 71.1 Å². The van der Waals surface area contributed by atoms with E-state index in [-0.39, 0.29) is 0 Å². The van der Waals surface area contributed by atoms with Crippen LogP contribution in [0.5, 0.6) is 17.2 Å². The van der Waals surface area contributed by atoms with Gasteiger partial charge in [0.1, 0.15) is 17.2 Å². The van der Waals surface area contributed by atoms with Gasteiger partial charge in [-0.1, -0.05) is 102 Å². The van der Waals surface area contributed by atoms with Gasteiger partial charge in [0.05, 0.1) is 12.2 Å². The Balaban J connectivity index is 1.46. The van der Waals surface area contributed by atoms with Gasteiger partial charge in [0.25, 0.3) is 0 Å². The Morgan fingerprint density at radius 1 is 0.609 bits per heavy atom. The molecule has 0 saturated heterocycles. The molecule has 3 aromatic carbocycles. The van der Waals surface area contributed by atoms with Crippen LogP contribution in [-0.4, -0.2) is 31.3 Å². The van der Waals surface area contributed by atoms with E-state index in [9.17, 15) is 9.59 Å². The lowest BCUT2D eigenvalue weighted by Crippen LogP contribution is -2.26. The summed E-state index contributed by atoms with van der Waals surface area (Å²) in [5.41, 5.74) is 4.26. The molecule has 3 aromatic rings. The summed E-state index contributed by atoms with van der Waals surface area (Å²) in [6.07, 6.45) is 13.7. The van der Waals surface area contributed by atoms with E-state index in [1.807, 2.05) is 50.2 Å². The van der Waals surface area contributed by atoms with Crippen molar-refractivity contribution in [2.24, 2.45) is 0 Å². The van der Waals surface area contributed by atoms with Gasteiger partial charge in [0.15, 0.2) is 6.10 Å². The van der Waals surface area contributed by atoms with Gasteiger partial charge < -0.3 is 18.9 Å². The molecule has 250 valence electrons. The van der Waals surface area contributed by atoms with Crippen LogP contribution in [0.1, 0.15) is 119 Å². The fraction of sp³-hybridized carbons (Fsp3) is 0.500. The summed E-state index contributed by atoms with van der Waals surface area (Å²) in [7, 11) is 0. The highest BCUT2D eigenvalue weighted by atomic mass is 16.6. The lowest BCUT2D eigenvalue weighted by atomic mass is 10.1. The number of benzene rings is 3. The molecule has 0 amide bonds. The van der Waals surface area contributed by atoms with Gasteiger partial charge in [-0.3, -0.25) is 0 Å². The maximum absolute atomic E-state index is 13.0. The maximum Gasteiger partial charge on any atom is 0.343 e. The van der Waals surface area contributed by atoms with Gasteiger partial charge in [0, 0.05) is 6.61 Å². The minimum absolute atomic E-state index is 0.398. The average molecular weight is 631 g/mol. The monoisotopic (exact) mass is 630 g/mol. The van der Waals surface area contributed by atoms with Crippen LogP contribution < -0.4 is 14.2 Å². The van der Waals surface area contributed by atoms with Crippen molar-refractivity contribution in [2.45, 2.75) is 118 Å². The molecule has 0 heterocycles. The van der Waals surface area contributed by atoms with Crippen LogP contribution in [-0.2, 0) is 9.53 Å². The smallest absolute Gasteiger partial charge is 0.343 e. The average Bonchev–Trinajstić information content (AvgIpc) is 3.05. The highest BCUT2D eigenvalue weighted by molar-refractivity contribution is 5.92. The molecule has 1 atom stereocenters. The standard InChI is InChI=1S/C40H54O6/c1-6-8-10-12-14-16-26-43-32(5)39(41)45-36-22-18-33(19-23-36)34-20-24-37(25-21-34)46-40(42)35-28-30(3)38(31(4)29-35)44-27-17-15-13-11-9-7-2/h18-25,28-29,32H,6-17,26-27H2,1-5H3. The van der Waals surface area contributed by atoms with Gasteiger partial charge in [0.2, 0.25) is 0 Å². The maximum atomic E-state index is 13.0. The van der Waals surface area contributed by atoms with Crippen molar-refractivity contribution >= 4 is 11.9 Å². The Morgan fingerprint density at radius 3 is 1.59 bits per heavy atom. The van der Waals surface area contributed by atoms with E-state index in [4.69, 9.17) is 18.9 Å². The first-order valence-corrected chi connectivity index (χ1v) is 17.3. The van der Waals surface area contributed by atoms with E-state index < -0.39 is 18.0 Å². The summed E-state index contributed by atoms with van der Waals surface area (Å²) in [5, 5.41) is 0. The second kappa shape index (κ2) is 20.5. The van der Waals surface area contributed by atoms with E-state index in [0.717, 1.165) is 47.3 Å². The molecular formula is C40H54O6. The second-order valence-corrected chi connectivity index (χ2v) is 12.2. The normalized spacial score (nSPS) is 11.7. The Labute approximate surface area is 276 Å². The Morgan fingerprint density at radius 2 is 1.07 bits per heavy atom. The Hall–Kier alpha value is -3.64. The van der Waals surface area contributed by atoms with Gasteiger partial charge >= 0.3 is 11.9 Å². The first-order valence-electron chi connectivity index (χ1n) is 17.3. The van der Waals surface area contributed by atoms with Crippen molar-refractivity contribution in [3.05, 3.63) is 77.4 Å². The largest absolute Gasteiger partial charge is 0.493 e. The van der Waals surface area contributed by atoms with E-state index in [0.29, 0.717) is 30.3 Å². The molecule has 0 fully saturated rings. The molecule has 0 N–H and O–H groups in total. The van der Waals surface area contributed by atoms with Crippen molar-refractivity contribution in [1.29, 1.82) is 0 Å². The SMILES string of the molecule is CCCCCCCCOc1c(C)cc(C(=O)Oc2ccc(-c3ccc(OC(=O)C(C)OCCCCCCCC)cc3)cc2)cc1C. The highest BCUT2D eigenvalue weighted by Gasteiger charge is 2.17. The van der Waals surface area contributed by atoms with Crippen molar-refractivity contribution in [3.63, 3.8) is 0 Å². The number of unbranched alkanes of at least 4 members (excludes halogenated alkanes) is 10. The van der Waals surface area contributed by atoms with E-state index >= 15 is 0 Å². The highest BCUT2D eigenvalue weighted by Crippen LogP contribution is 2.28. The van der Waals surface area contributed by atoms with Crippen molar-refractivity contribution in [2.75, 3.05) is 13.2 Å². The van der Waals surface area contributed by atoms with Crippen molar-refractivity contribution in [1.82, 2.24) is 0 Å². The molecule has 0 radical (unpaired) electrons. The molecule has 6 heteroatoms. The molecular weight excluding hydrogens is 576 g/mol. The van der Waals surface area contributed by atoms with Gasteiger partial charge in [-0.25, -0.2) is 9.59 Å². The van der Waals surface area contributed by atoms with Crippen LogP contribution >= 0.6 is 0 Å². The number of carbonyl (C=O) groups is 2. The second-order valence-electron chi connectivity index (χ2n) is 12.2. The number of aryl methyl sites for hydroxylation is 2. The van der Waals surface area contributed by atoms with E-state index in [1.54, 1.807) is 31.2 Å². The van der Waals surface area contributed by atoms with Gasteiger partial charge in [-0.15, -0.1) is 0 Å². The molecule has 0 saturated carbocycles. The summed E-state index contributed by atoms with van der Waals surface area (Å²) in [5.74, 6) is 0.983. The number of hydrogen-bond acceptors (Lipinski definition) is 6. The lowest BCUT2D eigenvalue weighted by molar-refractivity contribution is -0.146. The third kappa shape index (κ3) is 12.6. The molecule has 0 aromatic heterocycles. The number of ether oxygens (including phenoxy) is 4. The molecule has 1 unspecified atom stereocenters. The fourth-order valence-electron chi connectivity index (χ4n) is 5.36. The Bertz CT molecular complexity index is 1310. The van der Waals surface area contributed by atoms with E-state index in [1.165, 1.54) is 57.8 Å². The summed E-state index contributed by atoms with van der Waals surface area (Å²) in [6.45, 7) is 11.3. The zero-order chi connectivity index (χ0) is 33.1. The van der Waals surface area contributed by atoms with E-state index in [2.05, 4.69) is 13.8 Å². The summed E-state index contributed by atoms with van der Waals surface area (Å²) < 4.78 is 22.9. The van der Waals surface area contributed by atoms with Gasteiger partial charge in [-0.05, 0) is 92.3 Å². The third-order valence-electron chi connectivity index (χ3n) is 8.11.